The lowest BCUT2D eigenvalue weighted by atomic mass is 10.2. The van der Waals surface area contributed by atoms with E-state index in [1.165, 1.54) is 0 Å². The van der Waals surface area contributed by atoms with E-state index in [0.717, 1.165) is 36.1 Å². The molecule has 0 spiro atoms. The van der Waals surface area contributed by atoms with Gasteiger partial charge in [0.2, 0.25) is 5.91 Å². The van der Waals surface area contributed by atoms with Crippen LogP contribution in [0.25, 0.3) is 11.0 Å². The van der Waals surface area contributed by atoms with E-state index in [1.54, 1.807) is 0 Å². The molecule has 0 fully saturated rings. The van der Waals surface area contributed by atoms with Gasteiger partial charge in [-0.2, -0.15) is 0 Å². The molecular weight excluding hydrogens is 268 g/mol. The standard InChI is InChI=1S/C15H20N4O2/c1-2-3-8-13-17-11-6-4-5-7-12(11)19(13)10-9-14(20)18-15(16)21/h4-7H,2-3,8-10H2,1H3,(H3,16,18,20,21). The van der Waals surface area contributed by atoms with Crippen molar-refractivity contribution in [2.24, 2.45) is 5.73 Å². The zero-order valence-corrected chi connectivity index (χ0v) is 12.1. The number of carbonyl (C=O) groups is 2. The van der Waals surface area contributed by atoms with E-state index in [9.17, 15) is 9.59 Å². The maximum atomic E-state index is 11.6. The third kappa shape index (κ3) is 3.81. The second kappa shape index (κ2) is 6.88. The van der Waals surface area contributed by atoms with Crippen LogP contribution in [-0.4, -0.2) is 21.5 Å². The number of primary amides is 1. The molecule has 1 aromatic carbocycles. The predicted molar refractivity (Wildman–Crippen MR) is 80.7 cm³/mol. The summed E-state index contributed by atoms with van der Waals surface area (Å²) in [4.78, 5) is 26.9. The molecule has 3 N–H and O–H groups in total. The summed E-state index contributed by atoms with van der Waals surface area (Å²) < 4.78 is 2.05. The largest absolute Gasteiger partial charge is 0.351 e. The maximum absolute atomic E-state index is 11.6. The van der Waals surface area contributed by atoms with E-state index in [4.69, 9.17) is 5.73 Å². The van der Waals surface area contributed by atoms with Crippen molar-refractivity contribution in [2.45, 2.75) is 39.2 Å². The number of benzene rings is 1. The molecule has 0 radical (unpaired) electrons. The minimum atomic E-state index is -0.818. The molecule has 112 valence electrons. The number of imide groups is 1. The Morgan fingerprint density at radius 1 is 1.33 bits per heavy atom. The predicted octanol–water partition coefficient (Wildman–Crippen LogP) is 1.96. The van der Waals surface area contributed by atoms with Crippen LogP contribution in [0.4, 0.5) is 4.79 Å². The second-order valence-corrected chi connectivity index (χ2v) is 4.93. The first kappa shape index (κ1) is 15.0. The number of para-hydroxylation sites is 2. The minimum Gasteiger partial charge on any atom is -0.351 e. The monoisotopic (exact) mass is 288 g/mol. The Hall–Kier alpha value is -2.37. The number of amides is 3. The van der Waals surface area contributed by atoms with Gasteiger partial charge in [0.25, 0.3) is 0 Å². The molecule has 3 amide bonds. The van der Waals surface area contributed by atoms with E-state index in [-0.39, 0.29) is 12.3 Å². The van der Waals surface area contributed by atoms with E-state index in [0.29, 0.717) is 6.54 Å². The molecule has 6 heteroatoms. The first-order chi connectivity index (χ1) is 10.1. The van der Waals surface area contributed by atoms with Crippen LogP contribution in [0.5, 0.6) is 0 Å². The number of imidazole rings is 1. The number of aromatic nitrogens is 2. The minimum absolute atomic E-state index is 0.197. The molecule has 0 unspecified atom stereocenters. The van der Waals surface area contributed by atoms with Crippen LogP contribution in [0.3, 0.4) is 0 Å². The lowest BCUT2D eigenvalue weighted by Gasteiger charge is -2.08. The van der Waals surface area contributed by atoms with Gasteiger partial charge in [0.1, 0.15) is 5.82 Å². The highest BCUT2D eigenvalue weighted by atomic mass is 16.2. The van der Waals surface area contributed by atoms with Crippen LogP contribution in [0.2, 0.25) is 0 Å². The number of nitrogens with zero attached hydrogens (tertiary/aromatic N) is 2. The van der Waals surface area contributed by atoms with Crippen molar-refractivity contribution in [2.75, 3.05) is 0 Å². The summed E-state index contributed by atoms with van der Waals surface area (Å²) in [5.74, 6) is 0.603. The van der Waals surface area contributed by atoms with Crippen LogP contribution in [0, 0.1) is 0 Å². The molecule has 0 bridgehead atoms. The van der Waals surface area contributed by atoms with Crippen molar-refractivity contribution >= 4 is 23.0 Å². The van der Waals surface area contributed by atoms with Gasteiger partial charge in [-0.3, -0.25) is 10.1 Å². The van der Waals surface area contributed by atoms with Crippen LogP contribution in [-0.2, 0) is 17.8 Å². The number of urea groups is 1. The Morgan fingerprint density at radius 2 is 2.10 bits per heavy atom. The normalized spacial score (nSPS) is 10.7. The van der Waals surface area contributed by atoms with Gasteiger partial charge >= 0.3 is 6.03 Å². The summed E-state index contributed by atoms with van der Waals surface area (Å²) in [6.07, 6.45) is 3.22. The average molecular weight is 288 g/mol. The number of nitrogens with one attached hydrogen (secondary N) is 1. The first-order valence-electron chi connectivity index (χ1n) is 7.15. The fraction of sp³-hybridized carbons (Fsp3) is 0.400. The number of rotatable bonds is 6. The highest BCUT2D eigenvalue weighted by molar-refractivity contribution is 5.93. The summed E-state index contributed by atoms with van der Waals surface area (Å²) in [7, 11) is 0. The van der Waals surface area contributed by atoms with Gasteiger partial charge in [-0.05, 0) is 18.6 Å². The molecule has 6 nitrogen and oxygen atoms in total. The van der Waals surface area contributed by atoms with Crippen LogP contribution in [0.15, 0.2) is 24.3 Å². The third-order valence-electron chi connectivity index (χ3n) is 3.31. The van der Waals surface area contributed by atoms with E-state index < -0.39 is 6.03 Å². The lowest BCUT2D eigenvalue weighted by molar-refractivity contribution is -0.120. The van der Waals surface area contributed by atoms with Gasteiger partial charge in [0, 0.05) is 19.4 Å². The molecule has 1 aromatic heterocycles. The molecule has 0 aliphatic rings. The molecule has 1 heterocycles. The molecule has 2 rings (SSSR count). The quantitative estimate of drug-likeness (QED) is 0.851. The SMILES string of the molecule is CCCCc1nc2ccccc2n1CCC(=O)NC(N)=O. The summed E-state index contributed by atoms with van der Waals surface area (Å²) in [5.41, 5.74) is 6.88. The van der Waals surface area contributed by atoms with Crippen molar-refractivity contribution in [1.29, 1.82) is 0 Å². The number of hydrogen-bond acceptors (Lipinski definition) is 3. The van der Waals surface area contributed by atoms with Gasteiger partial charge in [-0.15, -0.1) is 0 Å². The molecule has 0 aliphatic heterocycles. The summed E-state index contributed by atoms with van der Waals surface area (Å²) in [6.45, 7) is 2.62. The van der Waals surface area contributed by atoms with E-state index in [2.05, 4.69) is 17.2 Å². The van der Waals surface area contributed by atoms with Crippen molar-refractivity contribution < 1.29 is 9.59 Å². The van der Waals surface area contributed by atoms with Crippen molar-refractivity contribution in [3.8, 4) is 0 Å². The third-order valence-corrected chi connectivity index (χ3v) is 3.31. The van der Waals surface area contributed by atoms with Crippen LogP contribution in [0.1, 0.15) is 32.0 Å². The highest BCUT2D eigenvalue weighted by Gasteiger charge is 2.12. The Kier molecular flexibility index (Phi) is 4.92. The van der Waals surface area contributed by atoms with Gasteiger partial charge < -0.3 is 10.3 Å². The van der Waals surface area contributed by atoms with Crippen LogP contribution >= 0.6 is 0 Å². The molecule has 0 saturated carbocycles. The Bertz CT molecular complexity index is 648. The number of carbonyl (C=O) groups excluding carboxylic acids is 2. The molecule has 0 atom stereocenters. The van der Waals surface area contributed by atoms with Gasteiger partial charge in [0.05, 0.1) is 11.0 Å². The molecular formula is C15H20N4O2. The highest BCUT2D eigenvalue weighted by Crippen LogP contribution is 2.18. The number of fused-ring (bicyclic) bond motifs is 1. The molecule has 0 aliphatic carbocycles. The number of hydrogen-bond donors (Lipinski definition) is 2. The second-order valence-electron chi connectivity index (χ2n) is 4.93. The topological polar surface area (TPSA) is 90.0 Å². The summed E-state index contributed by atoms with van der Waals surface area (Å²) in [6, 6.07) is 7.03. The zero-order valence-electron chi connectivity index (χ0n) is 12.1. The maximum Gasteiger partial charge on any atom is 0.318 e. The summed E-state index contributed by atoms with van der Waals surface area (Å²) in [5, 5.41) is 2.08. The number of nitrogens with two attached hydrogens (primary N) is 1. The molecule has 0 saturated heterocycles. The Morgan fingerprint density at radius 3 is 2.81 bits per heavy atom. The number of unbranched alkanes of at least 4 members (excludes halogenated alkanes) is 1. The van der Waals surface area contributed by atoms with Crippen molar-refractivity contribution in [1.82, 2.24) is 14.9 Å². The smallest absolute Gasteiger partial charge is 0.318 e. The fourth-order valence-electron chi connectivity index (χ4n) is 2.31. The fourth-order valence-corrected chi connectivity index (χ4v) is 2.31. The Labute approximate surface area is 123 Å². The zero-order chi connectivity index (χ0) is 15.2. The van der Waals surface area contributed by atoms with Gasteiger partial charge in [-0.25, -0.2) is 9.78 Å². The molecule has 2 aromatic rings. The first-order valence-corrected chi connectivity index (χ1v) is 7.15. The molecule has 21 heavy (non-hydrogen) atoms. The summed E-state index contributed by atoms with van der Waals surface area (Å²) >= 11 is 0. The van der Waals surface area contributed by atoms with Crippen molar-refractivity contribution in [3.63, 3.8) is 0 Å². The van der Waals surface area contributed by atoms with Crippen LogP contribution < -0.4 is 11.1 Å². The van der Waals surface area contributed by atoms with Gasteiger partial charge in [0.15, 0.2) is 0 Å². The van der Waals surface area contributed by atoms with E-state index >= 15 is 0 Å². The van der Waals surface area contributed by atoms with Gasteiger partial charge in [-0.1, -0.05) is 25.5 Å². The Balaban J connectivity index is 2.19. The average Bonchev–Trinajstić information content (AvgIpc) is 2.79. The number of aryl methyl sites for hydroxylation is 2. The van der Waals surface area contributed by atoms with Crippen molar-refractivity contribution in [3.05, 3.63) is 30.1 Å². The van der Waals surface area contributed by atoms with E-state index in [1.807, 2.05) is 28.8 Å². The lowest BCUT2D eigenvalue weighted by Crippen LogP contribution is -2.35.